The molecule has 1 aromatic heterocycles. The molecular weight excluding hydrogens is 183 g/mol. The largest absolute Gasteiger partial charge is 0.401 e. The van der Waals surface area contributed by atoms with Crippen molar-refractivity contribution in [1.29, 1.82) is 0 Å². The van der Waals surface area contributed by atoms with Crippen molar-refractivity contribution < 1.29 is 13.2 Å². The molecular formula is C7H10F3N3. The average Bonchev–Trinajstić information content (AvgIpc) is 2.48. The van der Waals surface area contributed by atoms with E-state index in [0.29, 0.717) is 6.54 Å². The first-order chi connectivity index (χ1) is 6.08. The number of imidazole rings is 1. The van der Waals surface area contributed by atoms with Crippen LogP contribution in [0.15, 0.2) is 18.7 Å². The molecule has 1 heterocycles. The fourth-order valence-corrected chi connectivity index (χ4v) is 0.857. The first kappa shape index (κ1) is 10.0. The highest BCUT2D eigenvalue weighted by Gasteiger charge is 2.25. The Hall–Kier alpha value is -1.04. The lowest BCUT2D eigenvalue weighted by Crippen LogP contribution is -2.30. The maximum Gasteiger partial charge on any atom is 0.401 e. The second-order valence-electron chi connectivity index (χ2n) is 2.59. The van der Waals surface area contributed by atoms with Crippen molar-refractivity contribution >= 4 is 0 Å². The molecule has 6 heteroatoms. The molecule has 74 valence electrons. The van der Waals surface area contributed by atoms with Crippen LogP contribution in [0, 0.1) is 0 Å². The Morgan fingerprint density at radius 1 is 1.38 bits per heavy atom. The summed E-state index contributed by atoms with van der Waals surface area (Å²) in [5.74, 6) is 0. The van der Waals surface area contributed by atoms with E-state index in [9.17, 15) is 13.2 Å². The molecule has 3 nitrogen and oxygen atoms in total. The molecule has 0 atom stereocenters. The van der Waals surface area contributed by atoms with Crippen LogP contribution in [-0.2, 0) is 6.54 Å². The third-order valence-corrected chi connectivity index (χ3v) is 1.43. The lowest BCUT2D eigenvalue weighted by Gasteiger charge is -2.07. The summed E-state index contributed by atoms with van der Waals surface area (Å²) in [6, 6.07) is 0. The normalized spacial score (nSPS) is 11.9. The molecule has 1 aromatic rings. The number of aromatic nitrogens is 2. The number of hydrogen-bond donors (Lipinski definition) is 1. The van der Waals surface area contributed by atoms with E-state index in [0.717, 1.165) is 0 Å². The average molecular weight is 193 g/mol. The molecule has 0 amide bonds. The summed E-state index contributed by atoms with van der Waals surface area (Å²) in [6.07, 6.45) is 0.725. The van der Waals surface area contributed by atoms with Crippen LogP contribution in [0.5, 0.6) is 0 Å². The van der Waals surface area contributed by atoms with E-state index >= 15 is 0 Å². The third kappa shape index (κ3) is 4.51. The zero-order valence-corrected chi connectivity index (χ0v) is 6.88. The van der Waals surface area contributed by atoms with Crippen LogP contribution in [0.3, 0.4) is 0 Å². The Bertz CT molecular complexity index is 230. The number of rotatable bonds is 4. The number of hydrogen-bond acceptors (Lipinski definition) is 2. The van der Waals surface area contributed by atoms with Gasteiger partial charge in [0.2, 0.25) is 0 Å². The van der Waals surface area contributed by atoms with Crippen molar-refractivity contribution in [2.45, 2.75) is 12.7 Å². The second-order valence-corrected chi connectivity index (χ2v) is 2.59. The zero-order valence-electron chi connectivity index (χ0n) is 6.88. The Kier molecular flexibility index (Phi) is 3.30. The van der Waals surface area contributed by atoms with Gasteiger partial charge in [-0.1, -0.05) is 0 Å². The highest BCUT2D eigenvalue weighted by Crippen LogP contribution is 2.11. The van der Waals surface area contributed by atoms with Gasteiger partial charge >= 0.3 is 6.18 Å². The fraction of sp³-hybridized carbons (Fsp3) is 0.571. The van der Waals surface area contributed by atoms with Gasteiger partial charge in [0.25, 0.3) is 0 Å². The minimum Gasteiger partial charge on any atom is -0.336 e. The van der Waals surface area contributed by atoms with E-state index in [1.54, 1.807) is 23.3 Å². The molecule has 0 aromatic carbocycles. The Balaban J connectivity index is 2.09. The van der Waals surface area contributed by atoms with Crippen molar-refractivity contribution in [3.05, 3.63) is 18.7 Å². The van der Waals surface area contributed by atoms with E-state index < -0.39 is 12.7 Å². The van der Waals surface area contributed by atoms with Crippen LogP contribution < -0.4 is 5.32 Å². The molecule has 0 aliphatic rings. The van der Waals surface area contributed by atoms with Gasteiger partial charge in [-0.25, -0.2) is 4.98 Å². The van der Waals surface area contributed by atoms with Crippen LogP contribution in [0.1, 0.15) is 0 Å². The van der Waals surface area contributed by atoms with E-state index in [1.165, 1.54) is 0 Å². The van der Waals surface area contributed by atoms with E-state index in [2.05, 4.69) is 10.3 Å². The summed E-state index contributed by atoms with van der Waals surface area (Å²) in [5.41, 5.74) is 0. The van der Waals surface area contributed by atoms with Crippen LogP contribution in [0.2, 0.25) is 0 Å². The summed E-state index contributed by atoms with van der Waals surface area (Å²) < 4.78 is 36.6. The Morgan fingerprint density at radius 3 is 2.69 bits per heavy atom. The first-order valence-corrected chi connectivity index (χ1v) is 3.81. The van der Waals surface area contributed by atoms with E-state index in [4.69, 9.17) is 0 Å². The van der Waals surface area contributed by atoms with Crippen molar-refractivity contribution in [3.63, 3.8) is 0 Å². The van der Waals surface area contributed by atoms with Gasteiger partial charge in [-0.15, -0.1) is 0 Å². The lowest BCUT2D eigenvalue weighted by atomic mass is 10.5. The highest BCUT2D eigenvalue weighted by atomic mass is 19.4. The smallest absolute Gasteiger partial charge is 0.336 e. The van der Waals surface area contributed by atoms with E-state index in [1.807, 2.05) is 0 Å². The summed E-state index contributed by atoms with van der Waals surface area (Å²) in [4.78, 5) is 3.76. The topological polar surface area (TPSA) is 29.9 Å². The number of nitrogens with one attached hydrogen (secondary N) is 1. The third-order valence-electron chi connectivity index (χ3n) is 1.43. The molecule has 0 radical (unpaired) electrons. The van der Waals surface area contributed by atoms with Gasteiger partial charge in [0.15, 0.2) is 0 Å². The predicted octanol–water partition coefficient (Wildman–Crippen LogP) is 1.03. The summed E-state index contributed by atoms with van der Waals surface area (Å²) >= 11 is 0. The van der Waals surface area contributed by atoms with Gasteiger partial charge < -0.3 is 9.88 Å². The van der Waals surface area contributed by atoms with Crippen LogP contribution >= 0.6 is 0 Å². The van der Waals surface area contributed by atoms with Crippen molar-refractivity contribution in [2.75, 3.05) is 13.1 Å². The lowest BCUT2D eigenvalue weighted by molar-refractivity contribution is -0.124. The van der Waals surface area contributed by atoms with Crippen LogP contribution in [0.4, 0.5) is 13.2 Å². The van der Waals surface area contributed by atoms with Crippen molar-refractivity contribution in [3.8, 4) is 0 Å². The van der Waals surface area contributed by atoms with Gasteiger partial charge in [-0.2, -0.15) is 13.2 Å². The number of halogens is 3. The Labute approximate surface area is 73.6 Å². The quantitative estimate of drug-likeness (QED) is 0.724. The van der Waals surface area contributed by atoms with E-state index in [-0.39, 0.29) is 6.54 Å². The first-order valence-electron chi connectivity index (χ1n) is 3.81. The molecule has 0 bridgehead atoms. The van der Waals surface area contributed by atoms with Gasteiger partial charge in [0, 0.05) is 25.5 Å². The molecule has 0 fully saturated rings. The molecule has 0 saturated carbocycles. The van der Waals surface area contributed by atoms with Crippen molar-refractivity contribution in [1.82, 2.24) is 14.9 Å². The molecule has 0 saturated heterocycles. The number of alkyl halides is 3. The van der Waals surface area contributed by atoms with Gasteiger partial charge in [0.1, 0.15) is 0 Å². The molecule has 1 rings (SSSR count). The maximum atomic E-state index is 11.6. The van der Waals surface area contributed by atoms with Crippen LogP contribution in [-0.4, -0.2) is 28.8 Å². The molecule has 0 unspecified atom stereocenters. The summed E-state index contributed by atoms with van der Waals surface area (Å²) in [6.45, 7) is -0.159. The van der Waals surface area contributed by atoms with Gasteiger partial charge in [-0.05, 0) is 0 Å². The zero-order chi connectivity index (χ0) is 9.73. The molecule has 0 aliphatic carbocycles. The van der Waals surface area contributed by atoms with Crippen molar-refractivity contribution in [2.24, 2.45) is 0 Å². The monoisotopic (exact) mass is 193 g/mol. The number of nitrogens with zero attached hydrogens (tertiary/aromatic N) is 2. The highest BCUT2D eigenvalue weighted by molar-refractivity contribution is 4.74. The van der Waals surface area contributed by atoms with Crippen LogP contribution in [0.25, 0.3) is 0 Å². The minimum absolute atomic E-state index is 0.288. The standard InChI is InChI=1S/C7H10F3N3/c8-7(9,10)5-11-1-3-13-4-2-12-6-13/h2,4,6,11H,1,3,5H2. The molecule has 1 N–H and O–H groups in total. The SMILES string of the molecule is FC(F)(F)CNCCn1ccnc1. The molecule has 0 spiro atoms. The van der Waals surface area contributed by atoms with Gasteiger partial charge in [0.05, 0.1) is 12.9 Å². The Morgan fingerprint density at radius 2 is 2.15 bits per heavy atom. The minimum atomic E-state index is -4.13. The molecule has 13 heavy (non-hydrogen) atoms. The second kappa shape index (κ2) is 4.27. The summed E-state index contributed by atoms with van der Waals surface area (Å²) in [5, 5.41) is 2.29. The summed E-state index contributed by atoms with van der Waals surface area (Å²) in [7, 11) is 0. The van der Waals surface area contributed by atoms with Gasteiger partial charge in [-0.3, -0.25) is 0 Å². The fourth-order valence-electron chi connectivity index (χ4n) is 0.857. The predicted molar refractivity (Wildman–Crippen MR) is 41.2 cm³/mol. The maximum absolute atomic E-state index is 11.6. The molecule has 0 aliphatic heterocycles.